The van der Waals surface area contributed by atoms with Crippen molar-refractivity contribution in [3.63, 3.8) is 0 Å². The van der Waals surface area contributed by atoms with Crippen molar-refractivity contribution in [2.75, 3.05) is 0 Å². The van der Waals surface area contributed by atoms with Gasteiger partial charge in [0, 0.05) is 5.56 Å². The first kappa shape index (κ1) is 19.1. The number of carboxylic acids is 1. The number of carboxylic acid groups (broad SMARTS) is 1. The van der Waals surface area contributed by atoms with E-state index in [1.165, 1.54) is 12.5 Å². The SMILES string of the molecule is CC(C)=CCC/C(C)=C/Cc1c(O)c(Cl)c(C)c(C(=O)O)c1O. The predicted molar refractivity (Wildman–Crippen MR) is 92.6 cm³/mol. The lowest BCUT2D eigenvalue weighted by atomic mass is 9.98. The smallest absolute Gasteiger partial charge is 0.339 e. The molecule has 126 valence electrons. The van der Waals surface area contributed by atoms with Gasteiger partial charge in [0.1, 0.15) is 17.1 Å². The summed E-state index contributed by atoms with van der Waals surface area (Å²) in [6, 6.07) is 0. The summed E-state index contributed by atoms with van der Waals surface area (Å²) in [5, 5.41) is 29.4. The molecule has 4 nitrogen and oxygen atoms in total. The molecule has 0 aromatic heterocycles. The normalized spacial score (nSPS) is 11.4. The van der Waals surface area contributed by atoms with Gasteiger partial charge >= 0.3 is 5.97 Å². The maximum Gasteiger partial charge on any atom is 0.339 e. The molecule has 0 fully saturated rings. The molecule has 1 aromatic rings. The predicted octanol–water partition coefficient (Wildman–Crippen LogP) is 4.99. The Morgan fingerprint density at radius 1 is 1.13 bits per heavy atom. The van der Waals surface area contributed by atoms with E-state index in [2.05, 4.69) is 6.08 Å². The van der Waals surface area contributed by atoms with Crippen molar-refractivity contribution in [2.45, 2.75) is 47.0 Å². The Morgan fingerprint density at radius 3 is 2.26 bits per heavy atom. The van der Waals surface area contributed by atoms with E-state index in [0.29, 0.717) is 0 Å². The third-order valence-corrected chi connectivity index (χ3v) is 4.14. The average molecular weight is 339 g/mol. The van der Waals surface area contributed by atoms with E-state index in [-0.39, 0.29) is 33.9 Å². The molecule has 5 heteroatoms. The van der Waals surface area contributed by atoms with Gasteiger partial charge in [0.2, 0.25) is 0 Å². The Labute approximate surface area is 141 Å². The zero-order chi connectivity index (χ0) is 17.7. The highest BCUT2D eigenvalue weighted by Gasteiger charge is 2.23. The van der Waals surface area contributed by atoms with Crippen LogP contribution >= 0.6 is 11.6 Å². The molecule has 1 rings (SSSR count). The summed E-state index contributed by atoms with van der Waals surface area (Å²) < 4.78 is 0. The van der Waals surface area contributed by atoms with E-state index < -0.39 is 11.7 Å². The van der Waals surface area contributed by atoms with Crippen LogP contribution in [0.4, 0.5) is 0 Å². The zero-order valence-electron chi connectivity index (χ0n) is 13.9. The van der Waals surface area contributed by atoms with E-state index in [0.717, 1.165) is 18.4 Å². The summed E-state index contributed by atoms with van der Waals surface area (Å²) in [7, 11) is 0. The standard InChI is InChI=1S/C18H23ClO4/c1-10(2)6-5-7-11(3)8-9-13-16(20)14(18(22)23)12(4)15(19)17(13)21/h6,8,20-21H,5,7,9H2,1-4H3,(H,22,23)/b11-8+. The van der Waals surface area contributed by atoms with Crippen LogP contribution < -0.4 is 0 Å². The molecule has 0 aliphatic heterocycles. The fourth-order valence-corrected chi connectivity index (χ4v) is 2.49. The van der Waals surface area contributed by atoms with Crippen LogP contribution in [0.15, 0.2) is 23.3 Å². The van der Waals surface area contributed by atoms with Crippen LogP contribution in [0.2, 0.25) is 5.02 Å². The molecular formula is C18H23ClO4. The number of rotatable bonds is 6. The fourth-order valence-electron chi connectivity index (χ4n) is 2.28. The third-order valence-electron chi connectivity index (χ3n) is 3.68. The van der Waals surface area contributed by atoms with E-state index in [4.69, 9.17) is 11.6 Å². The monoisotopic (exact) mass is 338 g/mol. The van der Waals surface area contributed by atoms with Gasteiger partial charge in [-0.05, 0) is 52.5 Å². The number of phenolic OH excluding ortho intramolecular Hbond substituents is 1. The summed E-state index contributed by atoms with van der Waals surface area (Å²) >= 11 is 5.98. The summed E-state index contributed by atoms with van der Waals surface area (Å²) in [5.74, 6) is -1.96. The molecule has 0 unspecified atom stereocenters. The van der Waals surface area contributed by atoms with Crippen LogP contribution in [-0.2, 0) is 6.42 Å². The Morgan fingerprint density at radius 2 is 1.74 bits per heavy atom. The zero-order valence-corrected chi connectivity index (χ0v) is 14.7. The second-order valence-electron chi connectivity index (χ2n) is 5.87. The number of halogens is 1. The molecule has 0 heterocycles. The van der Waals surface area contributed by atoms with Crippen LogP contribution in [0.3, 0.4) is 0 Å². The lowest BCUT2D eigenvalue weighted by Gasteiger charge is -2.13. The van der Waals surface area contributed by atoms with Crippen molar-refractivity contribution >= 4 is 17.6 Å². The highest BCUT2D eigenvalue weighted by atomic mass is 35.5. The summed E-state index contributed by atoms with van der Waals surface area (Å²) in [4.78, 5) is 11.3. The number of phenols is 2. The van der Waals surface area contributed by atoms with Gasteiger partial charge < -0.3 is 15.3 Å². The molecule has 1 aromatic carbocycles. The Balaban J connectivity index is 3.10. The number of aromatic carboxylic acids is 1. The van der Waals surface area contributed by atoms with Crippen molar-refractivity contribution in [3.8, 4) is 11.5 Å². The molecule has 0 atom stereocenters. The summed E-state index contributed by atoms with van der Waals surface area (Å²) in [6.45, 7) is 7.49. The maximum absolute atomic E-state index is 11.3. The van der Waals surface area contributed by atoms with Crippen LogP contribution in [0.1, 0.15) is 55.1 Å². The molecule has 0 saturated heterocycles. The van der Waals surface area contributed by atoms with Crippen molar-refractivity contribution in [2.24, 2.45) is 0 Å². The molecule has 0 aliphatic carbocycles. The second-order valence-corrected chi connectivity index (χ2v) is 6.25. The molecule has 0 amide bonds. The highest BCUT2D eigenvalue weighted by molar-refractivity contribution is 6.33. The fraction of sp³-hybridized carbons (Fsp3) is 0.389. The molecule has 0 aliphatic rings. The molecule has 0 radical (unpaired) electrons. The summed E-state index contributed by atoms with van der Waals surface area (Å²) in [6.07, 6.45) is 6.00. The topological polar surface area (TPSA) is 77.8 Å². The summed E-state index contributed by atoms with van der Waals surface area (Å²) in [5.41, 5.74) is 2.37. The first-order valence-electron chi connectivity index (χ1n) is 7.41. The number of carbonyl (C=O) groups is 1. The van der Waals surface area contributed by atoms with Gasteiger partial charge in [-0.1, -0.05) is 34.9 Å². The lowest BCUT2D eigenvalue weighted by molar-refractivity contribution is 0.0692. The minimum absolute atomic E-state index is 0.0363. The van der Waals surface area contributed by atoms with Crippen molar-refractivity contribution in [1.82, 2.24) is 0 Å². The second kappa shape index (κ2) is 8.06. The largest absolute Gasteiger partial charge is 0.507 e. The van der Waals surface area contributed by atoms with Gasteiger partial charge in [0.15, 0.2) is 0 Å². The van der Waals surface area contributed by atoms with Gasteiger partial charge in [-0.3, -0.25) is 0 Å². The highest BCUT2D eigenvalue weighted by Crippen LogP contribution is 2.41. The van der Waals surface area contributed by atoms with Crippen molar-refractivity contribution in [3.05, 3.63) is 45.0 Å². The number of hydrogen-bond donors (Lipinski definition) is 3. The van der Waals surface area contributed by atoms with Crippen LogP contribution in [0.5, 0.6) is 11.5 Å². The molecule has 0 spiro atoms. The minimum atomic E-state index is -1.27. The third kappa shape index (κ3) is 4.76. The first-order valence-corrected chi connectivity index (χ1v) is 7.79. The molecule has 0 bridgehead atoms. The average Bonchev–Trinajstić information content (AvgIpc) is 2.44. The number of benzene rings is 1. The lowest BCUT2D eigenvalue weighted by Crippen LogP contribution is -2.04. The Kier molecular flexibility index (Phi) is 6.70. The van der Waals surface area contributed by atoms with E-state index in [9.17, 15) is 20.1 Å². The maximum atomic E-state index is 11.3. The number of allylic oxidation sites excluding steroid dienone is 4. The van der Waals surface area contributed by atoms with Gasteiger partial charge in [0.05, 0.1) is 5.02 Å². The quantitative estimate of drug-likeness (QED) is 0.638. The Bertz CT molecular complexity index is 668. The van der Waals surface area contributed by atoms with Gasteiger partial charge in [-0.15, -0.1) is 0 Å². The molecule has 3 N–H and O–H groups in total. The van der Waals surface area contributed by atoms with Crippen molar-refractivity contribution < 1.29 is 20.1 Å². The number of aromatic hydroxyl groups is 2. The molecule has 0 saturated carbocycles. The van der Waals surface area contributed by atoms with Crippen LogP contribution in [0, 0.1) is 6.92 Å². The Hall–Kier alpha value is -1.94. The molecule has 23 heavy (non-hydrogen) atoms. The van der Waals surface area contributed by atoms with Gasteiger partial charge in [0.25, 0.3) is 0 Å². The first-order chi connectivity index (χ1) is 10.7. The van der Waals surface area contributed by atoms with Gasteiger partial charge in [-0.2, -0.15) is 0 Å². The van der Waals surface area contributed by atoms with Crippen molar-refractivity contribution in [1.29, 1.82) is 0 Å². The molecular weight excluding hydrogens is 316 g/mol. The van der Waals surface area contributed by atoms with Crippen LogP contribution in [0.25, 0.3) is 0 Å². The van der Waals surface area contributed by atoms with E-state index >= 15 is 0 Å². The van der Waals surface area contributed by atoms with Crippen LogP contribution in [-0.4, -0.2) is 21.3 Å². The van der Waals surface area contributed by atoms with E-state index in [1.54, 1.807) is 0 Å². The number of hydrogen-bond acceptors (Lipinski definition) is 3. The minimum Gasteiger partial charge on any atom is -0.507 e. The van der Waals surface area contributed by atoms with E-state index in [1.807, 2.05) is 26.8 Å². The van der Waals surface area contributed by atoms with Gasteiger partial charge in [-0.25, -0.2) is 4.79 Å².